The van der Waals surface area contributed by atoms with E-state index in [1.165, 1.54) is 5.69 Å². The Morgan fingerprint density at radius 3 is 2.40 bits per heavy atom. The molecule has 1 aromatic heterocycles. The number of H-pyrrole nitrogens is 1. The Balaban J connectivity index is 1.73. The standard InChI is InChI=1S/C14H17N5S/c1-11-13(15-14(20)17-16-11)19-9-7-18(8-10-19)12-5-3-2-4-6-12/h2-6H,7-10H2,1H3,(H,15,17,20). The summed E-state index contributed by atoms with van der Waals surface area (Å²) in [5.41, 5.74) is 2.17. The van der Waals surface area contributed by atoms with Crippen molar-refractivity contribution in [3.8, 4) is 0 Å². The average molecular weight is 287 g/mol. The number of rotatable bonds is 2. The number of anilines is 2. The molecular formula is C14H17N5S. The summed E-state index contributed by atoms with van der Waals surface area (Å²) in [6, 6.07) is 10.5. The van der Waals surface area contributed by atoms with Crippen molar-refractivity contribution in [2.75, 3.05) is 36.0 Å². The minimum absolute atomic E-state index is 0.441. The van der Waals surface area contributed by atoms with Gasteiger partial charge in [-0.3, -0.25) is 5.10 Å². The molecular weight excluding hydrogens is 270 g/mol. The summed E-state index contributed by atoms with van der Waals surface area (Å²) in [7, 11) is 0. The van der Waals surface area contributed by atoms with Gasteiger partial charge in [-0.25, -0.2) is 0 Å². The first-order chi connectivity index (χ1) is 9.74. The van der Waals surface area contributed by atoms with E-state index < -0.39 is 0 Å². The van der Waals surface area contributed by atoms with E-state index in [0.29, 0.717) is 4.77 Å². The van der Waals surface area contributed by atoms with Gasteiger partial charge < -0.3 is 9.80 Å². The molecule has 1 N–H and O–H groups in total. The second kappa shape index (κ2) is 5.58. The van der Waals surface area contributed by atoms with Crippen LogP contribution >= 0.6 is 12.2 Å². The van der Waals surface area contributed by atoms with E-state index in [4.69, 9.17) is 12.2 Å². The van der Waals surface area contributed by atoms with Crippen molar-refractivity contribution >= 4 is 23.7 Å². The monoisotopic (exact) mass is 287 g/mol. The van der Waals surface area contributed by atoms with Crippen LogP contribution in [0, 0.1) is 11.7 Å². The molecule has 1 aliphatic rings. The van der Waals surface area contributed by atoms with Crippen LogP contribution < -0.4 is 9.80 Å². The second-order valence-electron chi connectivity index (χ2n) is 4.86. The van der Waals surface area contributed by atoms with Crippen molar-refractivity contribution in [2.45, 2.75) is 6.92 Å². The number of nitrogens with one attached hydrogen (secondary N) is 1. The first kappa shape index (κ1) is 13.1. The summed E-state index contributed by atoms with van der Waals surface area (Å²) in [4.78, 5) is 9.05. The molecule has 104 valence electrons. The third-order valence-corrected chi connectivity index (χ3v) is 3.73. The maximum Gasteiger partial charge on any atom is 0.215 e. The van der Waals surface area contributed by atoms with Gasteiger partial charge in [0.15, 0.2) is 5.82 Å². The highest BCUT2D eigenvalue weighted by atomic mass is 32.1. The van der Waals surface area contributed by atoms with Crippen molar-refractivity contribution in [2.24, 2.45) is 0 Å². The molecule has 0 aliphatic carbocycles. The van der Waals surface area contributed by atoms with E-state index in [2.05, 4.69) is 49.2 Å². The van der Waals surface area contributed by atoms with Crippen LogP contribution in [0.4, 0.5) is 11.5 Å². The van der Waals surface area contributed by atoms with E-state index in [9.17, 15) is 0 Å². The third-order valence-electron chi connectivity index (χ3n) is 3.55. The molecule has 0 atom stereocenters. The summed E-state index contributed by atoms with van der Waals surface area (Å²) in [6.07, 6.45) is 0. The Kier molecular flexibility index (Phi) is 3.64. The fourth-order valence-electron chi connectivity index (χ4n) is 2.50. The number of nitrogens with zero attached hydrogens (tertiary/aromatic N) is 4. The molecule has 1 saturated heterocycles. The lowest BCUT2D eigenvalue weighted by Gasteiger charge is -2.36. The highest BCUT2D eigenvalue weighted by molar-refractivity contribution is 7.71. The number of aromatic nitrogens is 3. The van der Waals surface area contributed by atoms with Gasteiger partial charge in [-0.1, -0.05) is 18.2 Å². The number of benzene rings is 1. The topological polar surface area (TPSA) is 48.1 Å². The molecule has 0 bridgehead atoms. The SMILES string of the molecule is Cc1n[nH]c(=S)nc1N1CCN(c2ccccc2)CC1. The predicted molar refractivity (Wildman–Crippen MR) is 82.8 cm³/mol. The van der Waals surface area contributed by atoms with Crippen molar-refractivity contribution < 1.29 is 0 Å². The van der Waals surface area contributed by atoms with Gasteiger partial charge in [0.1, 0.15) is 5.69 Å². The minimum Gasteiger partial charge on any atom is -0.368 e. The molecule has 0 radical (unpaired) electrons. The van der Waals surface area contributed by atoms with Gasteiger partial charge in [0, 0.05) is 31.9 Å². The first-order valence-corrected chi connectivity index (χ1v) is 7.13. The Labute approximate surface area is 123 Å². The molecule has 3 rings (SSSR count). The molecule has 6 heteroatoms. The predicted octanol–water partition coefficient (Wildman–Crippen LogP) is 2.17. The first-order valence-electron chi connectivity index (χ1n) is 6.72. The average Bonchev–Trinajstić information content (AvgIpc) is 2.51. The fraction of sp³-hybridized carbons (Fsp3) is 0.357. The Morgan fingerprint density at radius 2 is 1.70 bits per heavy atom. The van der Waals surface area contributed by atoms with Crippen molar-refractivity contribution in [1.29, 1.82) is 0 Å². The van der Waals surface area contributed by atoms with Gasteiger partial charge in [-0.2, -0.15) is 10.1 Å². The summed E-state index contributed by atoms with van der Waals surface area (Å²) < 4.78 is 0.441. The molecule has 1 aliphatic heterocycles. The number of hydrogen-bond acceptors (Lipinski definition) is 5. The number of hydrogen-bond donors (Lipinski definition) is 1. The second-order valence-corrected chi connectivity index (χ2v) is 5.25. The number of piperazine rings is 1. The Hall–Kier alpha value is -1.95. The molecule has 2 heterocycles. The quantitative estimate of drug-likeness (QED) is 0.858. The minimum atomic E-state index is 0.441. The van der Waals surface area contributed by atoms with E-state index >= 15 is 0 Å². The van der Waals surface area contributed by atoms with Gasteiger partial charge in [-0.15, -0.1) is 0 Å². The maximum atomic E-state index is 5.06. The van der Waals surface area contributed by atoms with Crippen LogP contribution in [0.2, 0.25) is 0 Å². The van der Waals surface area contributed by atoms with Gasteiger partial charge in [0.2, 0.25) is 4.77 Å². The normalized spacial score (nSPS) is 15.4. The van der Waals surface area contributed by atoms with Crippen LogP contribution in [0.5, 0.6) is 0 Å². The van der Waals surface area contributed by atoms with Crippen LogP contribution in [0.3, 0.4) is 0 Å². The molecule has 1 aromatic carbocycles. The zero-order valence-electron chi connectivity index (χ0n) is 11.4. The zero-order chi connectivity index (χ0) is 13.9. The van der Waals surface area contributed by atoms with E-state index in [-0.39, 0.29) is 0 Å². The van der Waals surface area contributed by atoms with Crippen LogP contribution in [0.15, 0.2) is 30.3 Å². The van der Waals surface area contributed by atoms with Crippen molar-refractivity contribution in [1.82, 2.24) is 15.2 Å². The van der Waals surface area contributed by atoms with Crippen molar-refractivity contribution in [3.05, 3.63) is 40.8 Å². The van der Waals surface area contributed by atoms with E-state index in [0.717, 1.165) is 37.7 Å². The smallest absolute Gasteiger partial charge is 0.215 e. The van der Waals surface area contributed by atoms with E-state index in [1.807, 2.05) is 13.0 Å². The lowest BCUT2D eigenvalue weighted by Crippen LogP contribution is -2.47. The van der Waals surface area contributed by atoms with Gasteiger partial charge in [-0.05, 0) is 31.3 Å². The molecule has 0 saturated carbocycles. The number of para-hydroxylation sites is 1. The maximum absolute atomic E-state index is 5.06. The van der Waals surface area contributed by atoms with Crippen molar-refractivity contribution in [3.63, 3.8) is 0 Å². The molecule has 2 aromatic rings. The van der Waals surface area contributed by atoms with Crippen LogP contribution in [-0.2, 0) is 0 Å². The highest BCUT2D eigenvalue weighted by Gasteiger charge is 2.20. The number of aromatic amines is 1. The van der Waals surface area contributed by atoms with Crippen LogP contribution in [0.1, 0.15) is 5.69 Å². The molecule has 5 nitrogen and oxygen atoms in total. The van der Waals surface area contributed by atoms with Crippen LogP contribution in [-0.4, -0.2) is 41.4 Å². The summed E-state index contributed by atoms with van der Waals surface area (Å²) >= 11 is 5.06. The highest BCUT2D eigenvalue weighted by Crippen LogP contribution is 2.19. The number of aryl methyl sites for hydroxylation is 1. The van der Waals surface area contributed by atoms with Gasteiger partial charge in [0.25, 0.3) is 0 Å². The lowest BCUT2D eigenvalue weighted by atomic mass is 10.2. The molecule has 0 amide bonds. The lowest BCUT2D eigenvalue weighted by molar-refractivity contribution is 0.641. The summed E-state index contributed by atoms with van der Waals surface area (Å²) in [5, 5.41) is 6.91. The largest absolute Gasteiger partial charge is 0.368 e. The third kappa shape index (κ3) is 2.65. The van der Waals surface area contributed by atoms with Gasteiger partial charge >= 0.3 is 0 Å². The summed E-state index contributed by atoms with van der Waals surface area (Å²) in [6.45, 7) is 5.79. The molecule has 1 fully saturated rings. The van der Waals surface area contributed by atoms with Gasteiger partial charge in [0.05, 0.1) is 0 Å². The molecule has 0 unspecified atom stereocenters. The van der Waals surface area contributed by atoms with Crippen LogP contribution in [0.25, 0.3) is 0 Å². The Bertz CT molecular complexity index is 632. The van der Waals surface area contributed by atoms with E-state index in [1.54, 1.807) is 0 Å². The molecule has 20 heavy (non-hydrogen) atoms. The molecule has 0 spiro atoms. The Morgan fingerprint density at radius 1 is 1.05 bits per heavy atom. The fourth-order valence-corrected chi connectivity index (χ4v) is 2.63. The summed E-state index contributed by atoms with van der Waals surface area (Å²) in [5.74, 6) is 0.904. The zero-order valence-corrected chi connectivity index (χ0v) is 12.2.